The van der Waals surface area contributed by atoms with Crippen LogP contribution in [0.2, 0.25) is 10.0 Å². The van der Waals surface area contributed by atoms with E-state index < -0.39 is 6.61 Å². The molecule has 6 nitrogen and oxygen atoms in total. The molecule has 0 radical (unpaired) electrons. The molecule has 29 heavy (non-hydrogen) atoms. The van der Waals surface area contributed by atoms with Gasteiger partial charge in [-0.1, -0.05) is 23.2 Å². The standard InChI is InChI=1S/C19H15Cl2F2N3O3/c20-14-7-24-8-15(21)12(14)5-16-11-1-2-17(29-19(22)23)18(13(11)6-25-26-16)28-10-3-4-27-9-10/h1-2,6-8,10,19H,3-5,9H2. The molecule has 1 unspecified atom stereocenters. The second kappa shape index (κ2) is 8.61. The molecule has 1 saturated heterocycles. The number of fused-ring (bicyclic) bond motifs is 1. The Morgan fingerprint density at radius 3 is 2.62 bits per heavy atom. The van der Waals surface area contributed by atoms with Gasteiger partial charge in [0.15, 0.2) is 11.5 Å². The predicted molar refractivity (Wildman–Crippen MR) is 103 cm³/mol. The fraction of sp³-hybridized carbons (Fsp3) is 0.316. The van der Waals surface area contributed by atoms with Crippen LogP contribution < -0.4 is 9.47 Å². The Morgan fingerprint density at radius 1 is 1.14 bits per heavy atom. The normalized spacial score (nSPS) is 16.5. The Bertz CT molecular complexity index is 1010. The van der Waals surface area contributed by atoms with Gasteiger partial charge in [-0.2, -0.15) is 19.0 Å². The molecule has 1 aromatic carbocycles. The van der Waals surface area contributed by atoms with Gasteiger partial charge in [-0.3, -0.25) is 4.98 Å². The lowest BCUT2D eigenvalue weighted by atomic mass is 10.0. The van der Waals surface area contributed by atoms with Crippen LogP contribution in [0, 0.1) is 0 Å². The van der Waals surface area contributed by atoms with E-state index in [4.69, 9.17) is 32.7 Å². The maximum absolute atomic E-state index is 12.9. The molecule has 1 atom stereocenters. The third-order valence-corrected chi connectivity index (χ3v) is 5.17. The molecule has 1 aliphatic rings. The highest BCUT2D eigenvalue weighted by Gasteiger charge is 2.23. The van der Waals surface area contributed by atoms with E-state index in [1.165, 1.54) is 24.7 Å². The summed E-state index contributed by atoms with van der Waals surface area (Å²) in [5, 5.41) is 10.2. The minimum Gasteiger partial charge on any atom is -0.483 e. The van der Waals surface area contributed by atoms with Gasteiger partial charge in [0, 0.05) is 36.0 Å². The van der Waals surface area contributed by atoms with Gasteiger partial charge in [-0.15, -0.1) is 0 Å². The van der Waals surface area contributed by atoms with Crippen LogP contribution in [0.3, 0.4) is 0 Å². The summed E-state index contributed by atoms with van der Waals surface area (Å²) >= 11 is 12.4. The fourth-order valence-corrected chi connectivity index (χ4v) is 3.66. The molecule has 4 rings (SSSR count). The first-order valence-corrected chi connectivity index (χ1v) is 9.53. The quantitative estimate of drug-likeness (QED) is 0.552. The smallest absolute Gasteiger partial charge is 0.387 e. The summed E-state index contributed by atoms with van der Waals surface area (Å²) < 4.78 is 41.7. The Hall–Kier alpha value is -2.29. The van der Waals surface area contributed by atoms with Crippen molar-refractivity contribution in [2.45, 2.75) is 25.6 Å². The lowest BCUT2D eigenvalue weighted by Gasteiger charge is -2.18. The van der Waals surface area contributed by atoms with Crippen molar-refractivity contribution in [2.75, 3.05) is 13.2 Å². The first-order chi connectivity index (χ1) is 14.0. The molecule has 0 amide bonds. The molecule has 0 bridgehead atoms. The van der Waals surface area contributed by atoms with Crippen LogP contribution in [0.1, 0.15) is 17.7 Å². The summed E-state index contributed by atoms with van der Waals surface area (Å²) in [5.41, 5.74) is 1.21. The maximum Gasteiger partial charge on any atom is 0.387 e. The average Bonchev–Trinajstić information content (AvgIpc) is 3.19. The van der Waals surface area contributed by atoms with Crippen LogP contribution in [-0.4, -0.2) is 41.1 Å². The first-order valence-electron chi connectivity index (χ1n) is 8.77. The summed E-state index contributed by atoms with van der Waals surface area (Å²) in [4.78, 5) is 3.94. The van der Waals surface area contributed by atoms with Crippen molar-refractivity contribution in [3.05, 3.63) is 52.0 Å². The summed E-state index contributed by atoms with van der Waals surface area (Å²) in [6, 6.07) is 3.07. The number of alkyl halides is 2. The second-order valence-electron chi connectivity index (χ2n) is 6.39. The minimum atomic E-state index is -2.99. The van der Waals surface area contributed by atoms with Crippen molar-refractivity contribution in [1.82, 2.24) is 15.2 Å². The molecule has 2 aromatic heterocycles. The molecule has 0 saturated carbocycles. The minimum absolute atomic E-state index is 0.0710. The number of benzene rings is 1. The number of halogens is 4. The Balaban J connectivity index is 1.79. The van der Waals surface area contributed by atoms with E-state index in [1.54, 1.807) is 6.07 Å². The van der Waals surface area contributed by atoms with E-state index >= 15 is 0 Å². The third kappa shape index (κ3) is 4.34. The Kier molecular flexibility index (Phi) is 5.94. The maximum atomic E-state index is 12.9. The van der Waals surface area contributed by atoms with Crippen LogP contribution >= 0.6 is 23.2 Å². The van der Waals surface area contributed by atoms with Crippen LogP contribution in [0.25, 0.3) is 10.8 Å². The van der Waals surface area contributed by atoms with Crippen LogP contribution in [0.15, 0.2) is 30.7 Å². The molecule has 10 heteroatoms. The highest BCUT2D eigenvalue weighted by Crippen LogP contribution is 2.39. The van der Waals surface area contributed by atoms with E-state index in [-0.39, 0.29) is 24.0 Å². The lowest BCUT2D eigenvalue weighted by molar-refractivity contribution is -0.0519. The Labute approximate surface area is 174 Å². The van der Waals surface area contributed by atoms with Gasteiger partial charge < -0.3 is 14.2 Å². The second-order valence-corrected chi connectivity index (χ2v) is 7.20. The van der Waals surface area contributed by atoms with Crippen LogP contribution in [-0.2, 0) is 11.2 Å². The molecule has 0 aliphatic carbocycles. The fourth-order valence-electron chi connectivity index (χ4n) is 3.16. The van der Waals surface area contributed by atoms with Gasteiger partial charge in [0.2, 0.25) is 0 Å². The number of nitrogens with zero attached hydrogens (tertiary/aromatic N) is 3. The predicted octanol–water partition coefficient (Wildman–Crippen LogP) is 4.69. The highest BCUT2D eigenvalue weighted by atomic mass is 35.5. The molecule has 1 fully saturated rings. The van der Waals surface area contributed by atoms with Gasteiger partial charge in [0.05, 0.1) is 35.1 Å². The number of pyridine rings is 1. The van der Waals surface area contributed by atoms with Crippen molar-refractivity contribution < 1.29 is 23.0 Å². The van der Waals surface area contributed by atoms with E-state index in [9.17, 15) is 8.78 Å². The number of aromatic nitrogens is 3. The van der Waals surface area contributed by atoms with E-state index in [0.29, 0.717) is 51.7 Å². The van der Waals surface area contributed by atoms with Gasteiger partial charge in [0.25, 0.3) is 0 Å². The third-order valence-electron chi connectivity index (χ3n) is 4.52. The van der Waals surface area contributed by atoms with Crippen molar-refractivity contribution >= 4 is 34.0 Å². The van der Waals surface area contributed by atoms with Crippen LogP contribution in [0.5, 0.6) is 11.5 Å². The summed E-state index contributed by atoms with van der Waals surface area (Å²) in [6.45, 7) is -2.07. The molecular weight excluding hydrogens is 427 g/mol. The van der Waals surface area contributed by atoms with Crippen molar-refractivity contribution in [3.63, 3.8) is 0 Å². The zero-order valence-electron chi connectivity index (χ0n) is 14.9. The molecule has 0 N–H and O–H groups in total. The number of hydrogen-bond acceptors (Lipinski definition) is 6. The van der Waals surface area contributed by atoms with E-state index in [1.807, 2.05) is 0 Å². The molecule has 3 aromatic rings. The molecule has 152 valence electrons. The van der Waals surface area contributed by atoms with E-state index in [0.717, 1.165) is 0 Å². The molecule has 0 spiro atoms. The number of hydrogen-bond donors (Lipinski definition) is 0. The zero-order chi connectivity index (χ0) is 20.4. The monoisotopic (exact) mass is 441 g/mol. The SMILES string of the molecule is FC(F)Oc1ccc2c(Cc3c(Cl)cncc3Cl)nncc2c1OC1CCOC1. The first kappa shape index (κ1) is 20.0. The topological polar surface area (TPSA) is 66.4 Å². The van der Waals surface area contributed by atoms with Crippen molar-refractivity contribution in [3.8, 4) is 11.5 Å². The van der Waals surface area contributed by atoms with Crippen LogP contribution in [0.4, 0.5) is 8.78 Å². The van der Waals surface area contributed by atoms with Gasteiger partial charge in [-0.25, -0.2) is 0 Å². The zero-order valence-corrected chi connectivity index (χ0v) is 16.5. The molecular formula is C19H15Cl2F2N3O3. The highest BCUT2D eigenvalue weighted by molar-refractivity contribution is 6.35. The number of rotatable bonds is 6. The molecule has 3 heterocycles. The average molecular weight is 442 g/mol. The van der Waals surface area contributed by atoms with Gasteiger partial charge in [-0.05, 0) is 17.7 Å². The van der Waals surface area contributed by atoms with Gasteiger partial charge >= 0.3 is 6.61 Å². The van der Waals surface area contributed by atoms with E-state index in [2.05, 4.69) is 19.9 Å². The Morgan fingerprint density at radius 2 is 1.93 bits per heavy atom. The van der Waals surface area contributed by atoms with Crippen molar-refractivity contribution in [2.24, 2.45) is 0 Å². The summed E-state index contributed by atoms with van der Waals surface area (Å²) in [5.74, 6) is 0.111. The lowest BCUT2D eigenvalue weighted by Crippen LogP contribution is -2.17. The molecule has 1 aliphatic heterocycles. The largest absolute Gasteiger partial charge is 0.483 e. The van der Waals surface area contributed by atoms with Gasteiger partial charge in [0.1, 0.15) is 6.10 Å². The summed E-state index contributed by atoms with van der Waals surface area (Å²) in [7, 11) is 0. The summed E-state index contributed by atoms with van der Waals surface area (Å²) in [6.07, 6.45) is 5.11. The van der Waals surface area contributed by atoms with Crippen molar-refractivity contribution in [1.29, 1.82) is 0 Å². The number of ether oxygens (including phenoxy) is 3.